The standard InChI is InChI=1S/C28H39N3O4S/c1-22(23-9-12-25(13-10-23)30-17-5-3-6-18-30)29-28(32)16-11-24-21-26(14-15-27(24)35-2)36(33,34)31-19-7-4-8-20-31/h9-10,12-15,21-22H,3-8,11,16-20H2,1-2H3,(H,29,32)/t22-/m1/s1. The molecule has 0 spiro atoms. The number of rotatable bonds is 9. The van der Waals surface area contributed by atoms with Gasteiger partial charge in [0, 0.05) is 38.3 Å². The van der Waals surface area contributed by atoms with Gasteiger partial charge in [-0.25, -0.2) is 8.42 Å². The molecule has 2 heterocycles. The van der Waals surface area contributed by atoms with Crippen molar-refractivity contribution < 1.29 is 17.9 Å². The number of carbonyl (C=O) groups excluding carboxylic acids is 1. The maximum atomic E-state index is 13.1. The van der Waals surface area contributed by atoms with Gasteiger partial charge >= 0.3 is 0 Å². The van der Waals surface area contributed by atoms with Crippen LogP contribution in [-0.2, 0) is 21.2 Å². The summed E-state index contributed by atoms with van der Waals surface area (Å²) in [5.74, 6) is 0.524. The molecule has 0 radical (unpaired) electrons. The number of nitrogens with zero attached hydrogens (tertiary/aromatic N) is 2. The highest BCUT2D eigenvalue weighted by molar-refractivity contribution is 7.89. The number of ether oxygens (including phenoxy) is 1. The Kier molecular flexibility index (Phi) is 8.90. The van der Waals surface area contributed by atoms with Crippen LogP contribution in [-0.4, -0.2) is 51.9 Å². The van der Waals surface area contributed by atoms with E-state index < -0.39 is 10.0 Å². The summed E-state index contributed by atoms with van der Waals surface area (Å²) in [6.45, 7) is 5.32. The third-order valence-corrected chi connectivity index (χ3v) is 9.21. The van der Waals surface area contributed by atoms with Crippen molar-refractivity contribution in [3.8, 4) is 5.75 Å². The highest BCUT2D eigenvalue weighted by Crippen LogP contribution is 2.28. The Labute approximate surface area is 215 Å². The number of nitrogens with one attached hydrogen (secondary N) is 1. The second-order valence-electron chi connectivity index (χ2n) is 9.87. The number of hydrogen-bond donors (Lipinski definition) is 1. The Hall–Kier alpha value is -2.58. The Balaban J connectivity index is 1.36. The molecular formula is C28H39N3O4S. The van der Waals surface area contributed by atoms with Crippen LogP contribution < -0.4 is 15.0 Å². The summed E-state index contributed by atoms with van der Waals surface area (Å²) < 4.78 is 33.2. The molecule has 36 heavy (non-hydrogen) atoms. The van der Waals surface area contributed by atoms with Crippen molar-refractivity contribution in [1.82, 2.24) is 9.62 Å². The average molecular weight is 514 g/mol. The fourth-order valence-corrected chi connectivity index (χ4v) is 6.70. The van der Waals surface area contributed by atoms with E-state index in [2.05, 4.69) is 34.5 Å². The van der Waals surface area contributed by atoms with Crippen molar-refractivity contribution in [3.05, 3.63) is 53.6 Å². The Bertz CT molecular complexity index is 1120. The molecule has 2 saturated heterocycles. The van der Waals surface area contributed by atoms with Crippen LogP contribution in [0.5, 0.6) is 5.75 Å². The maximum absolute atomic E-state index is 13.1. The van der Waals surface area contributed by atoms with Gasteiger partial charge in [0.25, 0.3) is 0 Å². The minimum absolute atomic E-state index is 0.0750. The monoisotopic (exact) mass is 513 g/mol. The Morgan fingerprint density at radius 2 is 1.58 bits per heavy atom. The summed E-state index contributed by atoms with van der Waals surface area (Å²) in [5, 5.41) is 3.08. The van der Waals surface area contributed by atoms with E-state index in [0.29, 0.717) is 25.3 Å². The fraction of sp³-hybridized carbons (Fsp3) is 0.536. The largest absolute Gasteiger partial charge is 0.496 e. The van der Waals surface area contributed by atoms with Gasteiger partial charge in [-0.15, -0.1) is 0 Å². The van der Waals surface area contributed by atoms with Crippen molar-refractivity contribution in [3.63, 3.8) is 0 Å². The lowest BCUT2D eigenvalue weighted by Crippen LogP contribution is -2.35. The molecule has 0 unspecified atom stereocenters. The number of hydrogen-bond acceptors (Lipinski definition) is 5. The minimum Gasteiger partial charge on any atom is -0.496 e. The third-order valence-electron chi connectivity index (χ3n) is 7.32. The zero-order valence-corrected chi connectivity index (χ0v) is 22.4. The first-order valence-corrected chi connectivity index (χ1v) is 14.6. The molecule has 2 fully saturated rings. The number of carbonyl (C=O) groups is 1. The third kappa shape index (κ3) is 6.40. The summed E-state index contributed by atoms with van der Waals surface area (Å²) in [5.41, 5.74) is 3.03. The van der Waals surface area contributed by atoms with Crippen LogP contribution in [0.3, 0.4) is 0 Å². The topological polar surface area (TPSA) is 79.0 Å². The molecule has 0 aromatic heterocycles. The predicted molar refractivity (Wildman–Crippen MR) is 143 cm³/mol. The van der Waals surface area contributed by atoms with Crippen LogP contribution >= 0.6 is 0 Å². The maximum Gasteiger partial charge on any atom is 0.243 e. The van der Waals surface area contributed by atoms with Gasteiger partial charge in [0.05, 0.1) is 18.0 Å². The average Bonchev–Trinajstić information content (AvgIpc) is 2.92. The lowest BCUT2D eigenvalue weighted by molar-refractivity contribution is -0.121. The second kappa shape index (κ2) is 12.1. The molecule has 8 heteroatoms. The summed E-state index contributed by atoms with van der Waals surface area (Å²) in [4.78, 5) is 15.4. The van der Waals surface area contributed by atoms with Crippen LogP contribution in [0, 0.1) is 0 Å². The van der Waals surface area contributed by atoms with E-state index in [1.54, 1.807) is 29.6 Å². The SMILES string of the molecule is COc1ccc(S(=O)(=O)N2CCCCC2)cc1CCC(=O)N[C@H](C)c1ccc(N2CCCCC2)cc1. The number of sulfonamides is 1. The smallest absolute Gasteiger partial charge is 0.243 e. The zero-order valence-electron chi connectivity index (χ0n) is 21.5. The van der Waals surface area contributed by atoms with Crippen LogP contribution in [0.2, 0.25) is 0 Å². The van der Waals surface area contributed by atoms with Crippen molar-refractivity contribution >= 4 is 21.6 Å². The number of amides is 1. The molecule has 2 aromatic carbocycles. The molecule has 1 atom stereocenters. The Morgan fingerprint density at radius 3 is 2.22 bits per heavy atom. The van der Waals surface area contributed by atoms with Gasteiger partial charge in [0.1, 0.15) is 5.75 Å². The molecule has 2 aromatic rings. The van der Waals surface area contributed by atoms with Crippen molar-refractivity contribution in [2.24, 2.45) is 0 Å². The number of aryl methyl sites for hydroxylation is 1. The molecule has 0 bridgehead atoms. The highest BCUT2D eigenvalue weighted by atomic mass is 32.2. The molecule has 1 N–H and O–H groups in total. The second-order valence-corrected chi connectivity index (χ2v) is 11.8. The molecule has 1 amide bonds. The van der Waals surface area contributed by atoms with Gasteiger partial charge in [0.2, 0.25) is 15.9 Å². The normalized spacial score (nSPS) is 18.0. The van der Waals surface area contributed by atoms with Crippen LogP contribution in [0.1, 0.15) is 69.0 Å². The van der Waals surface area contributed by atoms with Crippen LogP contribution in [0.25, 0.3) is 0 Å². The van der Waals surface area contributed by atoms with Gasteiger partial charge in [-0.2, -0.15) is 4.31 Å². The first-order chi connectivity index (χ1) is 17.4. The zero-order chi connectivity index (χ0) is 25.5. The summed E-state index contributed by atoms with van der Waals surface area (Å²) in [6, 6.07) is 13.3. The molecule has 196 valence electrons. The first kappa shape index (κ1) is 26.5. The number of benzene rings is 2. The van der Waals surface area contributed by atoms with Gasteiger partial charge < -0.3 is 15.0 Å². The van der Waals surface area contributed by atoms with Gasteiger partial charge in [-0.3, -0.25) is 4.79 Å². The summed E-state index contributed by atoms with van der Waals surface area (Å²) in [6.07, 6.45) is 7.29. The van der Waals surface area contributed by atoms with Crippen molar-refractivity contribution in [2.75, 3.05) is 38.2 Å². The molecule has 0 saturated carbocycles. The van der Waals surface area contributed by atoms with Crippen LogP contribution in [0.4, 0.5) is 5.69 Å². The quantitative estimate of drug-likeness (QED) is 0.527. The van der Waals surface area contributed by atoms with Gasteiger partial charge in [-0.1, -0.05) is 18.6 Å². The summed E-state index contributed by atoms with van der Waals surface area (Å²) >= 11 is 0. The van der Waals surface area contributed by atoms with Gasteiger partial charge in [0.15, 0.2) is 0 Å². The molecule has 7 nitrogen and oxygen atoms in total. The van der Waals surface area contributed by atoms with E-state index in [1.165, 1.54) is 24.9 Å². The number of piperidine rings is 2. The van der Waals surface area contributed by atoms with E-state index in [0.717, 1.165) is 43.5 Å². The molecule has 2 aliphatic heterocycles. The molecule has 2 aliphatic rings. The first-order valence-electron chi connectivity index (χ1n) is 13.2. The lowest BCUT2D eigenvalue weighted by Gasteiger charge is -2.29. The van der Waals surface area contributed by atoms with Crippen molar-refractivity contribution in [2.45, 2.75) is 69.2 Å². The Morgan fingerprint density at radius 1 is 0.944 bits per heavy atom. The fourth-order valence-electron chi connectivity index (χ4n) is 5.14. The van der Waals surface area contributed by atoms with E-state index in [9.17, 15) is 13.2 Å². The molecule has 4 rings (SSSR count). The number of methoxy groups -OCH3 is 1. The van der Waals surface area contributed by atoms with E-state index in [4.69, 9.17) is 4.74 Å². The van der Waals surface area contributed by atoms with Crippen molar-refractivity contribution in [1.29, 1.82) is 0 Å². The number of anilines is 1. The van der Waals surface area contributed by atoms with Gasteiger partial charge in [-0.05, 0) is 86.9 Å². The van der Waals surface area contributed by atoms with E-state index >= 15 is 0 Å². The predicted octanol–water partition coefficient (Wildman–Crippen LogP) is 4.67. The lowest BCUT2D eigenvalue weighted by atomic mass is 10.0. The highest BCUT2D eigenvalue weighted by Gasteiger charge is 2.26. The molecule has 0 aliphatic carbocycles. The minimum atomic E-state index is -3.54. The van der Waals surface area contributed by atoms with E-state index in [-0.39, 0.29) is 23.3 Å². The van der Waals surface area contributed by atoms with E-state index in [1.807, 2.05) is 6.92 Å². The molecular weight excluding hydrogens is 474 g/mol. The summed E-state index contributed by atoms with van der Waals surface area (Å²) in [7, 11) is -1.98. The van der Waals surface area contributed by atoms with Crippen LogP contribution in [0.15, 0.2) is 47.4 Å².